The summed E-state index contributed by atoms with van der Waals surface area (Å²) < 4.78 is 0. The van der Waals surface area contributed by atoms with Gasteiger partial charge in [-0.3, -0.25) is 4.79 Å². The number of hydrogen-bond acceptors (Lipinski definition) is 2. The van der Waals surface area contributed by atoms with Crippen molar-refractivity contribution in [2.24, 2.45) is 0 Å². The molecule has 100 valence electrons. The maximum absolute atomic E-state index is 10.7. The molecule has 0 aliphatic carbocycles. The van der Waals surface area contributed by atoms with E-state index in [1.54, 1.807) is 0 Å². The molecule has 2 rings (SSSR count). The first-order valence-electron chi connectivity index (χ1n) is 6.79. The quantitative estimate of drug-likeness (QED) is 0.790. The molecule has 0 aromatic heterocycles. The summed E-state index contributed by atoms with van der Waals surface area (Å²) in [4.78, 5) is 10.7. The van der Waals surface area contributed by atoms with Crippen LogP contribution in [-0.2, 0) is 4.79 Å². The topological polar surface area (TPSA) is 41.1 Å². The third-order valence-corrected chi connectivity index (χ3v) is 3.38. The normalized spacial score (nSPS) is 15.4. The fourth-order valence-electron chi connectivity index (χ4n) is 2.31. The Morgan fingerprint density at radius 2 is 2.00 bits per heavy atom. The number of amides is 1. The highest BCUT2D eigenvalue weighted by atomic mass is 16.1. The zero-order valence-electron chi connectivity index (χ0n) is 11.3. The maximum atomic E-state index is 10.7. The summed E-state index contributed by atoms with van der Waals surface area (Å²) in [5, 5.41) is 6.04. The first-order chi connectivity index (χ1) is 9.25. The Hall–Kier alpha value is -1.79. The van der Waals surface area contributed by atoms with Crippen LogP contribution >= 0.6 is 0 Å². The molecule has 1 saturated heterocycles. The van der Waals surface area contributed by atoms with Gasteiger partial charge in [0.1, 0.15) is 0 Å². The number of hydrogen-bond donors (Lipinski definition) is 2. The molecular weight excluding hydrogens is 236 g/mol. The molecule has 1 aliphatic rings. The third-order valence-electron chi connectivity index (χ3n) is 3.38. The highest BCUT2D eigenvalue weighted by Crippen LogP contribution is 2.24. The SMILES string of the molecule is CC(=O)NCC#Cc1ccc(C2CCNCC2)cc1. The summed E-state index contributed by atoms with van der Waals surface area (Å²) in [6.07, 6.45) is 2.43. The zero-order chi connectivity index (χ0) is 13.5. The minimum absolute atomic E-state index is 0.0458. The Morgan fingerprint density at radius 1 is 1.32 bits per heavy atom. The van der Waals surface area contributed by atoms with E-state index >= 15 is 0 Å². The molecule has 1 aromatic carbocycles. The first-order valence-corrected chi connectivity index (χ1v) is 6.79. The molecule has 1 aromatic rings. The minimum atomic E-state index is -0.0458. The van der Waals surface area contributed by atoms with Gasteiger partial charge in [-0.05, 0) is 49.5 Å². The summed E-state index contributed by atoms with van der Waals surface area (Å²) in [6.45, 7) is 4.13. The molecule has 2 N–H and O–H groups in total. The van der Waals surface area contributed by atoms with Gasteiger partial charge in [-0.1, -0.05) is 24.0 Å². The molecule has 19 heavy (non-hydrogen) atoms. The zero-order valence-corrected chi connectivity index (χ0v) is 11.3. The average Bonchev–Trinajstić information content (AvgIpc) is 2.45. The van der Waals surface area contributed by atoms with Crippen molar-refractivity contribution < 1.29 is 4.79 Å². The molecule has 1 aliphatic heterocycles. The fourth-order valence-corrected chi connectivity index (χ4v) is 2.31. The van der Waals surface area contributed by atoms with E-state index in [2.05, 4.69) is 46.7 Å². The monoisotopic (exact) mass is 256 g/mol. The van der Waals surface area contributed by atoms with E-state index in [0.717, 1.165) is 18.7 Å². The largest absolute Gasteiger partial charge is 0.345 e. The first kappa shape index (κ1) is 13.6. The van der Waals surface area contributed by atoms with E-state index in [0.29, 0.717) is 12.5 Å². The van der Waals surface area contributed by atoms with Crippen molar-refractivity contribution in [3.05, 3.63) is 35.4 Å². The molecule has 0 unspecified atom stereocenters. The van der Waals surface area contributed by atoms with Gasteiger partial charge < -0.3 is 10.6 Å². The van der Waals surface area contributed by atoms with E-state index < -0.39 is 0 Å². The molecule has 0 bridgehead atoms. The second-order valence-electron chi connectivity index (χ2n) is 4.86. The molecule has 1 fully saturated rings. The van der Waals surface area contributed by atoms with Crippen LogP contribution in [0.25, 0.3) is 0 Å². The van der Waals surface area contributed by atoms with Crippen LogP contribution in [0.2, 0.25) is 0 Å². The molecule has 1 amide bonds. The summed E-state index contributed by atoms with van der Waals surface area (Å²) in [7, 11) is 0. The minimum Gasteiger partial charge on any atom is -0.345 e. The van der Waals surface area contributed by atoms with E-state index in [1.807, 2.05) is 0 Å². The van der Waals surface area contributed by atoms with Crippen LogP contribution in [0.3, 0.4) is 0 Å². The second-order valence-corrected chi connectivity index (χ2v) is 4.86. The van der Waals surface area contributed by atoms with Crippen LogP contribution < -0.4 is 10.6 Å². The fraction of sp³-hybridized carbons (Fsp3) is 0.438. The van der Waals surface area contributed by atoms with Gasteiger partial charge in [-0.2, -0.15) is 0 Å². The predicted molar refractivity (Wildman–Crippen MR) is 76.8 cm³/mol. The van der Waals surface area contributed by atoms with Gasteiger partial charge in [0, 0.05) is 12.5 Å². The van der Waals surface area contributed by atoms with E-state index in [4.69, 9.17) is 0 Å². The van der Waals surface area contributed by atoms with E-state index in [9.17, 15) is 4.79 Å². The van der Waals surface area contributed by atoms with Gasteiger partial charge in [0.05, 0.1) is 6.54 Å². The van der Waals surface area contributed by atoms with Crippen molar-refractivity contribution in [3.63, 3.8) is 0 Å². The summed E-state index contributed by atoms with van der Waals surface area (Å²) in [5.74, 6) is 6.63. The molecule has 0 atom stereocenters. The lowest BCUT2D eigenvalue weighted by molar-refractivity contribution is -0.118. The van der Waals surface area contributed by atoms with Crippen molar-refractivity contribution in [1.29, 1.82) is 0 Å². The molecule has 3 heteroatoms. The van der Waals surface area contributed by atoms with Crippen LogP contribution in [0.5, 0.6) is 0 Å². The van der Waals surface area contributed by atoms with Crippen molar-refractivity contribution in [1.82, 2.24) is 10.6 Å². The number of benzene rings is 1. The number of carbonyl (C=O) groups excluding carboxylic acids is 1. The Balaban J connectivity index is 1.92. The molecule has 3 nitrogen and oxygen atoms in total. The third kappa shape index (κ3) is 4.42. The Kier molecular flexibility index (Phi) is 5.00. The van der Waals surface area contributed by atoms with E-state index in [1.165, 1.54) is 25.3 Å². The highest BCUT2D eigenvalue weighted by Gasteiger charge is 2.14. The standard InChI is InChI=1S/C16H20N2O/c1-13(19)18-10-2-3-14-4-6-15(7-5-14)16-8-11-17-12-9-16/h4-7,16-17H,8-12H2,1H3,(H,18,19). The van der Waals surface area contributed by atoms with Gasteiger partial charge in [0.2, 0.25) is 5.91 Å². The van der Waals surface area contributed by atoms with Crippen molar-refractivity contribution in [2.45, 2.75) is 25.7 Å². The van der Waals surface area contributed by atoms with Crippen molar-refractivity contribution in [2.75, 3.05) is 19.6 Å². The molecule has 0 radical (unpaired) electrons. The number of rotatable bonds is 2. The maximum Gasteiger partial charge on any atom is 0.217 e. The molecule has 0 spiro atoms. The predicted octanol–water partition coefficient (Wildman–Crippen LogP) is 1.64. The highest BCUT2D eigenvalue weighted by molar-refractivity contribution is 5.73. The number of carbonyl (C=O) groups is 1. The van der Waals surface area contributed by atoms with Gasteiger partial charge in [0.25, 0.3) is 0 Å². The van der Waals surface area contributed by atoms with Crippen LogP contribution in [-0.4, -0.2) is 25.5 Å². The average molecular weight is 256 g/mol. The van der Waals surface area contributed by atoms with Crippen molar-refractivity contribution in [3.8, 4) is 11.8 Å². The van der Waals surface area contributed by atoms with Crippen LogP contribution in [0.15, 0.2) is 24.3 Å². The molecular formula is C16H20N2O. The summed E-state index contributed by atoms with van der Waals surface area (Å²) >= 11 is 0. The van der Waals surface area contributed by atoms with Gasteiger partial charge in [-0.15, -0.1) is 0 Å². The summed E-state index contributed by atoms with van der Waals surface area (Å²) in [6, 6.07) is 8.49. The number of nitrogens with one attached hydrogen (secondary N) is 2. The Morgan fingerprint density at radius 3 is 2.63 bits per heavy atom. The molecule has 0 saturated carbocycles. The van der Waals surface area contributed by atoms with Gasteiger partial charge >= 0.3 is 0 Å². The Labute approximate surface area is 114 Å². The second kappa shape index (κ2) is 6.96. The van der Waals surface area contributed by atoms with Crippen LogP contribution in [0, 0.1) is 11.8 Å². The lowest BCUT2D eigenvalue weighted by atomic mass is 9.90. The van der Waals surface area contributed by atoms with Crippen LogP contribution in [0.1, 0.15) is 36.8 Å². The Bertz CT molecular complexity index is 476. The smallest absolute Gasteiger partial charge is 0.217 e. The summed E-state index contributed by atoms with van der Waals surface area (Å²) in [5.41, 5.74) is 2.41. The van der Waals surface area contributed by atoms with E-state index in [-0.39, 0.29) is 5.91 Å². The van der Waals surface area contributed by atoms with Gasteiger partial charge in [0.15, 0.2) is 0 Å². The van der Waals surface area contributed by atoms with Crippen molar-refractivity contribution >= 4 is 5.91 Å². The lowest BCUT2D eigenvalue weighted by Crippen LogP contribution is -2.26. The number of piperidine rings is 1. The van der Waals surface area contributed by atoms with Gasteiger partial charge in [-0.25, -0.2) is 0 Å². The van der Waals surface area contributed by atoms with Crippen LogP contribution in [0.4, 0.5) is 0 Å². The lowest BCUT2D eigenvalue weighted by Gasteiger charge is -2.22. The molecule has 1 heterocycles.